The van der Waals surface area contributed by atoms with Crippen molar-refractivity contribution in [1.29, 1.82) is 0 Å². The lowest BCUT2D eigenvalue weighted by atomic mass is 9.92. The van der Waals surface area contributed by atoms with E-state index in [1.54, 1.807) is 24.3 Å². The number of rotatable bonds is 3. The highest BCUT2D eigenvalue weighted by atomic mass is 32.1. The van der Waals surface area contributed by atoms with Gasteiger partial charge in [0.05, 0.1) is 6.10 Å². The summed E-state index contributed by atoms with van der Waals surface area (Å²) in [7, 11) is 0. The molecule has 4 nitrogen and oxygen atoms in total. The molecule has 0 amide bonds. The van der Waals surface area contributed by atoms with Crippen LogP contribution < -0.4 is 0 Å². The maximum Gasteiger partial charge on any atom is 0.195 e. The van der Waals surface area contributed by atoms with E-state index in [0.29, 0.717) is 17.5 Å². The van der Waals surface area contributed by atoms with E-state index in [4.69, 9.17) is 4.74 Å². The highest BCUT2D eigenvalue weighted by Crippen LogP contribution is 2.33. The maximum atomic E-state index is 14.4. The van der Waals surface area contributed by atoms with Crippen LogP contribution in [0.1, 0.15) is 29.0 Å². The van der Waals surface area contributed by atoms with Gasteiger partial charge in [-0.25, -0.2) is 4.39 Å². The van der Waals surface area contributed by atoms with Gasteiger partial charge in [0.2, 0.25) is 0 Å². The van der Waals surface area contributed by atoms with E-state index in [1.165, 1.54) is 12.1 Å². The molecule has 2 N–H and O–H groups in total. The summed E-state index contributed by atoms with van der Waals surface area (Å²) >= 11 is 1.61. The Kier molecular flexibility index (Phi) is 4.82. The standard InChI is InChI=1S/C21H19FO4S/c1-11-18(23)19(24)20(25)21(26-11)13-6-7-16(22)14(8-13)10-15-9-12-4-2-3-5-17(12)27-15/h2-9,11,18,20-21,23,25H,10H2,1H3/t11-,18-,20-,21+/m1/s1. The largest absolute Gasteiger partial charge is 0.382 e. The summed E-state index contributed by atoms with van der Waals surface area (Å²) in [6.45, 7) is 1.57. The number of carbonyl (C=O) groups is 1. The normalized spacial score (nSPS) is 25.9. The molecule has 27 heavy (non-hydrogen) atoms. The molecule has 2 aromatic carbocycles. The predicted octanol–water partition coefficient (Wildman–Crippen LogP) is 3.38. The van der Waals surface area contributed by atoms with Crippen LogP contribution in [0, 0.1) is 5.82 Å². The molecule has 1 saturated heterocycles. The van der Waals surface area contributed by atoms with Crippen molar-refractivity contribution >= 4 is 27.2 Å². The van der Waals surface area contributed by atoms with Gasteiger partial charge in [-0.15, -0.1) is 11.3 Å². The number of halogens is 1. The second-order valence-electron chi connectivity index (χ2n) is 6.83. The first-order valence-corrected chi connectivity index (χ1v) is 9.57. The van der Waals surface area contributed by atoms with Gasteiger partial charge in [-0.3, -0.25) is 4.79 Å². The summed E-state index contributed by atoms with van der Waals surface area (Å²) in [5.74, 6) is -1.02. The highest BCUT2D eigenvalue weighted by molar-refractivity contribution is 7.19. The molecule has 0 spiro atoms. The number of fused-ring (bicyclic) bond motifs is 1. The van der Waals surface area contributed by atoms with Crippen molar-refractivity contribution in [3.05, 3.63) is 70.4 Å². The van der Waals surface area contributed by atoms with Crippen molar-refractivity contribution in [1.82, 2.24) is 0 Å². The molecular formula is C21H19FO4S. The molecule has 1 aliphatic heterocycles. The molecule has 0 radical (unpaired) electrons. The third-order valence-corrected chi connectivity index (χ3v) is 6.03. The Morgan fingerprint density at radius 3 is 2.67 bits per heavy atom. The number of hydrogen-bond acceptors (Lipinski definition) is 5. The molecule has 0 bridgehead atoms. The molecule has 2 heterocycles. The van der Waals surface area contributed by atoms with Crippen LogP contribution in [-0.4, -0.2) is 34.3 Å². The van der Waals surface area contributed by atoms with Gasteiger partial charge >= 0.3 is 0 Å². The van der Waals surface area contributed by atoms with Gasteiger partial charge in [0.1, 0.15) is 24.1 Å². The molecule has 0 saturated carbocycles. The number of Topliss-reactive ketones (excluding diaryl/α,β-unsaturated/α-hetero) is 1. The second-order valence-corrected chi connectivity index (χ2v) is 8.00. The van der Waals surface area contributed by atoms with E-state index in [-0.39, 0.29) is 5.82 Å². The smallest absolute Gasteiger partial charge is 0.195 e. The van der Waals surface area contributed by atoms with E-state index >= 15 is 0 Å². The fourth-order valence-electron chi connectivity index (χ4n) is 3.42. The minimum Gasteiger partial charge on any atom is -0.382 e. The minimum absolute atomic E-state index is 0.346. The van der Waals surface area contributed by atoms with Crippen LogP contribution in [0.15, 0.2) is 48.5 Å². The number of hydrogen-bond donors (Lipinski definition) is 2. The van der Waals surface area contributed by atoms with Crippen LogP contribution in [0.25, 0.3) is 10.1 Å². The Bertz CT molecular complexity index is 966. The van der Waals surface area contributed by atoms with Crippen molar-refractivity contribution in [3.63, 3.8) is 0 Å². The Labute approximate surface area is 159 Å². The van der Waals surface area contributed by atoms with Gasteiger partial charge < -0.3 is 14.9 Å². The van der Waals surface area contributed by atoms with Crippen LogP contribution in [0.3, 0.4) is 0 Å². The molecule has 6 heteroatoms. The van der Waals surface area contributed by atoms with Crippen LogP contribution in [0.2, 0.25) is 0 Å². The molecular weight excluding hydrogens is 367 g/mol. The lowest BCUT2D eigenvalue weighted by Gasteiger charge is -2.34. The summed E-state index contributed by atoms with van der Waals surface area (Å²) < 4.78 is 21.1. The average molecular weight is 386 g/mol. The van der Waals surface area contributed by atoms with Crippen LogP contribution in [0.4, 0.5) is 4.39 Å². The quantitative estimate of drug-likeness (QED) is 0.724. The number of thiophene rings is 1. The summed E-state index contributed by atoms with van der Waals surface area (Å²) in [5.41, 5.74) is 0.994. The average Bonchev–Trinajstić information content (AvgIpc) is 3.07. The lowest BCUT2D eigenvalue weighted by Crippen LogP contribution is -2.50. The number of aliphatic hydroxyl groups is 2. The van der Waals surface area contributed by atoms with Crippen LogP contribution in [-0.2, 0) is 16.0 Å². The third kappa shape index (κ3) is 3.41. The van der Waals surface area contributed by atoms with Crippen molar-refractivity contribution in [2.24, 2.45) is 0 Å². The van der Waals surface area contributed by atoms with Gasteiger partial charge in [0, 0.05) is 16.0 Å². The second kappa shape index (κ2) is 7.13. The molecule has 140 valence electrons. The fourth-order valence-corrected chi connectivity index (χ4v) is 4.50. The zero-order valence-electron chi connectivity index (χ0n) is 14.6. The van der Waals surface area contributed by atoms with E-state index in [9.17, 15) is 19.4 Å². The van der Waals surface area contributed by atoms with E-state index in [2.05, 4.69) is 0 Å². The van der Waals surface area contributed by atoms with E-state index in [0.717, 1.165) is 15.0 Å². The Morgan fingerprint density at radius 2 is 1.89 bits per heavy atom. The van der Waals surface area contributed by atoms with Crippen LogP contribution in [0.5, 0.6) is 0 Å². The van der Waals surface area contributed by atoms with E-state index in [1.807, 2.05) is 30.3 Å². The zero-order chi connectivity index (χ0) is 19.1. The SMILES string of the molecule is C[C@H]1O[C@@H](c2ccc(F)c(Cc3cc4ccccc4s3)c2)[C@H](O)C(=O)[C@@H]1O. The van der Waals surface area contributed by atoms with Gasteiger partial charge in [-0.2, -0.15) is 0 Å². The predicted molar refractivity (Wildman–Crippen MR) is 101 cm³/mol. The zero-order valence-corrected chi connectivity index (χ0v) is 15.4. The fraction of sp³-hybridized carbons (Fsp3) is 0.286. The van der Waals surface area contributed by atoms with Gasteiger partial charge in [0.15, 0.2) is 5.78 Å². The number of carbonyl (C=O) groups excluding carboxylic acids is 1. The molecule has 4 rings (SSSR count). The van der Waals surface area contributed by atoms with Crippen molar-refractivity contribution in [3.8, 4) is 0 Å². The molecule has 4 atom stereocenters. The topological polar surface area (TPSA) is 66.8 Å². The molecule has 0 unspecified atom stereocenters. The van der Waals surface area contributed by atoms with Crippen LogP contribution >= 0.6 is 11.3 Å². The number of aliphatic hydroxyl groups excluding tert-OH is 2. The number of ether oxygens (including phenoxy) is 1. The highest BCUT2D eigenvalue weighted by Gasteiger charge is 2.42. The summed E-state index contributed by atoms with van der Waals surface area (Å²) in [6.07, 6.45) is -4.07. The third-order valence-electron chi connectivity index (χ3n) is 4.92. The summed E-state index contributed by atoms with van der Waals surface area (Å²) in [6, 6.07) is 14.5. The number of ketones is 1. The summed E-state index contributed by atoms with van der Waals surface area (Å²) in [5, 5.41) is 21.1. The molecule has 1 fully saturated rings. The van der Waals surface area contributed by atoms with E-state index < -0.39 is 30.2 Å². The Balaban J connectivity index is 1.64. The molecule has 3 aromatic rings. The first-order valence-electron chi connectivity index (χ1n) is 8.75. The lowest BCUT2D eigenvalue weighted by molar-refractivity contribution is -0.180. The van der Waals surface area contributed by atoms with Crippen molar-refractivity contribution in [2.75, 3.05) is 0 Å². The van der Waals surface area contributed by atoms with Gasteiger partial charge in [-0.05, 0) is 47.7 Å². The van der Waals surface area contributed by atoms with Crippen molar-refractivity contribution in [2.45, 2.75) is 37.8 Å². The van der Waals surface area contributed by atoms with Gasteiger partial charge in [-0.1, -0.05) is 24.3 Å². The Morgan fingerprint density at radius 1 is 1.11 bits per heavy atom. The first-order chi connectivity index (χ1) is 12.9. The van der Waals surface area contributed by atoms with Gasteiger partial charge in [0.25, 0.3) is 0 Å². The monoisotopic (exact) mass is 386 g/mol. The molecule has 1 aromatic heterocycles. The summed E-state index contributed by atoms with van der Waals surface area (Å²) in [4.78, 5) is 13.0. The Hall–Kier alpha value is -2.12. The minimum atomic E-state index is -1.47. The maximum absolute atomic E-state index is 14.4. The molecule has 0 aliphatic carbocycles. The first kappa shape index (κ1) is 18.3. The number of benzene rings is 2. The van der Waals surface area contributed by atoms with Crippen molar-refractivity contribution < 1.29 is 24.1 Å². The molecule has 1 aliphatic rings.